The van der Waals surface area contributed by atoms with Crippen LogP contribution in [0.15, 0.2) is 18.5 Å². The molecular weight excluding hydrogens is 164 g/mol. The summed E-state index contributed by atoms with van der Waals surface area (Å²) in [4.78, 5) is 15.0. The minimum absolute atomic E-state index is 0.367. The highest BCUT2D eigenvalue weighted by atomic mass is 16.1. The summed E-state index contributed by atoms with van der Waals surface area (Å²) in [7, 11) is 0. The van der Waals surface area contributed by atoms with Gasteiger partial charge in [-0.1, -0.05) is 13.3 Å². The number of carbonyl (C=O) groups is 1. The number of nitrogens with two attached hydrogens (primary N) is 1. The molecule has 2 N–H and O–H groups in total. The lowest BCUT2D eigenvalue weighted by Crippen LogP contribution is -2.13. The summed E-state index contributed by atoms with van der Waals surface area (Å²) < 4.78 is 0. The van der Waals surface area contributed by atoms with Gasteiger partial charge in [0.1, 0.15) is 0 Å². The van der Waals surface area contributed by atoms with Gasteiger partial charge in [0.25, 0.3) is 0 Å². The Morgan fingerprint density at radius 2 is 2.38 bits per heavy atom. The largest absolute Gasteiger partial charge is 0.366 e. The van der Waals surface area contributed by atoms with Crippen LogP contribution < -0.4 is 5.73 Å². The van der Waals surface area contributed by atoms with E-state index in [-0.39, 0.29) is 5.91 Å². The Balaban J connectivity index is 2.84. The van der Waals surface area contributed by atoms with Gasteiger partial charge in [-0.2, -0.15) is 0 Å². The zero-order chi connectivity index (χ0) is 9.68. The molecule has 3 heteroatoms. The lowest BCUT2D eigenvalue weighted by Gasteiger charge is -2.03. The Morgan fingerprint density at radius 3 is 3.00 bits per heavy atom. The number of rotatable bonds is 4. The summed E-state index contributed by atoms with van der Waals surface area (Å²) in [6.45, 7) is 2.11. The second kappa shape index (κ2) is 4.60. The zero-order valence-corrected chi connectivity index (χ0v) is 7.79. The molecule has 13 heavy (non-hydrogen) atoms. The highest BCUT2D eigenvalue weighted by Crippen LogP contribution is 2.09. The Bertz CT molecular complexity index is 297. The number of amides is 1. The molecule has 0 saturated heterocycles. The predicted molar refractivity (Wildman–Crippen MR) is 51.4 cm³/mol. The van der Waals surface area contributed by atoms with Gasteiger partial charge in [0.15, 0.2) is 0 Å². The van der Waals surface area contributed by atoms with Crippen LogP contribution in [0.25, 0.3) is 0 Å². The molecule has 1 amide bonds. The third-order valence-corrected chi connectivity index (χ3v) is 1.97. The number of hydrogen-bond acceptors (Lipinski definition) is 2. The average molecular weight is 178 g/mol. The molecule has 0 radical (unpaired) electrons. The van der Waals surface area contributed by atoms with Crippen molar-refractivity contribution < 1.29 is 4.79 Å². The van der Waals surface area contributed by atoms with E-state index in [9.17, 15) is 4.79 Å². The van der Waals surface area contributed by atoms with Crippen molar-refractivity contribution in [3.63, 3.8) is 0 Å². The summed E-state index contributed by atoms with van der Waals surface area (Å²) in [5, 5.41) is 0. The second-order valence-corrected chi connectivity index (χ2v) is 3.00. The van der Waals surface area contributed by atoms with Gasteiger partial charge in [0.2, 0.25) is 5.91 Å². The van der Waals surface area contributed by atoms with E-state index in [0.717, 1.165) is 24.8 Å². The molecular formula is C10H14N2O. The highest BCUT2D eigenvalue weighted by Gasteiger charge is 2.06. The molecule has 1 aromatic heterocycles. The van der Waals surface area contributed by atoms with Gasteiger partial charge < -0.3 is 5.73 Å². The molecule has 0 aliphatic rings. The SMILES string of the molecule is CCCCc1cnccc1C(N)=O. The number of primary amides is 1. The summed E-state index contributed by atoms with van der Waals surface area (Å²) in [6, 6.07) is 1.67. The van der Waals surface area contributed by atoms with Crippen LogP contribution in [0.3, 0.4) is 0 Å². The first-order valence-corrected chi connectivity index (χ1v) is 4.48. The first-order valence-electron chi connectivity index (χ1n) is 4.48. The fraction of sp³-hybridized carbons (Fsp3) is 0.400. The lowest BCUT2D eigenvalue weighted by molar-refractivity contribution is 0.0999. The van der Waals surface area contributed by atoms with Crippen molar-refractivity contribution in [2.45, 2.75) is 26.2 Å². The van der Waals surface area contributed by atoms with E-state index in [2.05, 4.69) is 11.9 Å². The first-order chi connectivity index (χ1) is 6.25. The van der Waals surface area contributed by atoms with Crippen molar-refractivity contribution >= 4 is 5.91 Å². The van der Waals surface area contributed by atoms with E-state index in [1.54, 1.807) is 18.5 Å². The van der Waals surface area contributed by atoms with E-state index in [1.165, 1.54) is 0 Å². The first kappa shape index (κ1) is 9.71. The van der Waals surface area contributed by atoms with Crippen molar-refractivity contribution in [3.05, 3.63) is 29.6 Å². The summed E-state index contributed by atoms with van der Waals surface area (Å²) in [5.74, 6) is -0.367. The molecule has 1 aromatic rings. The summed E-state index contributed by atoms with van der Waals surface area (Å²) >= 11 is 0. The molecule has 70 valence electrons. The van der Waals surface area contributed by atoms with Crippen LogP contribution >= 0.6 is 0 Å². The van der Waals surface area contributed by atoms with Crippen LogP contribution in [0.2, 0.25) is 0 Å². The Labute approximate surface area is 78.0 Å². The molecule has 0 unspecified atom stereocenters. The van der Waals surface area contributed by atoms with Gasteiger partial charge >= 0.3 is 0 Å². The van der Waals surface area contributed by atoms with Crippen molar-refractivity contribution in [3.8, 4) is 0 Å². The van der Waals surface area contributed by atoms with Crippen LogP contribution in [-0.4, -0.2) is 10.9 Å². The minimum Gasteiger partial charge on any atom is -0.366 e. The van der Waals surface area contributed by atoms with Gasteiger partial charge in [-0.15, -0.1) is 0 Å². The maximum atomic E-state index is 11.0. The Kier molecular flexibility index (Phi) is 3.43. The number of nitrogens with zero attached hydrogens (tertiary/aromatic N) is 1. The van der Waals surface area contributed by atoms with Crippen LogP contribution in [0.4, 0.5) is 0 Å². The van der Waals surface area contributed by atoms with Crippen LogP contribution in [0.1, 0.15) is 35.7 Å². The third kappa shape index (κ3) is 2.54. The topological polar surface area (TPSA) is 56.0 Å². The summed E-state index contributed by atoms with van der Waals surface area (Å²) in [5.41, 5.74) is 6.78. The molecule has 1 rings (SSSR count). The quantitative estimate of drug-likeness (QED) is 0.760. The van der Waals surface area contributed by atoms with E-state index < -0.39 is 0 Å². The number of aryl methyl sites for hydroxylation is 1. The van der Waals surface area contributed by atoms with Gasteiger partial charge in [0.05, 0.1) is 0 Å². The number of pyridine rings is 1. The fourth-order valence-electron chi connectivity index (χ4n) is 1.23. The fourth-order valence-corrected chi connectivity index (χ4v) is 1.23. The molecule has 0 aliphatic carbocycles. The van der Waals surface area contributed by atoms with Crippen molar-refractivity contribution in [2.75, 3.05) is 0 Å². The monoisotopic (exact) mass is 178 g/mol. The van der Waals surface area contributed by atoms with Crippen LogP contribution in [0.5, 0.6) is 0 Å². The van der Waals surface area contributed by atoms with Crippen molar-refractivity contribution in [1.29, 1.82) is 0 Å². The third-order valence-electron chi connectivity index (χ3n) is 1.97. The lowest BCUT2D eigenvalue weighted by atomic mass is 10.0. The number of hydrogen-bond donors (Lipinski definition) is 1. The second-order valence-electron chi connectivity index (χ2n) is 3.00. The van der Waals surface area contributed by atoms with E-state index in [0.29, 0.717) is 5.56 Å². The Morgan fingerprint density at radius 1 is 1.62 bits per heavy atom. The van der Waals surface area contributed by atoms with Gasteiger partial charge in [-0.3, -0.25) is 9.78 Å². The predicted octanol–water partition coefficient (Wildman–Crippen LogP) is 1.52. The van der Waals surface area contributed by atoms with Crippen molar-refractivity contribution in [2.24, 2.45) is 5.73 Å². The maximum absolute atomic E-state index is 11.0. The van der Waals surface area contributed by atoms with Gasteiger partial charge in [0, 0.05) is 18.0 Å². The molecule has 0 aliphatic heterocycles. The summed E-state index contributed by atoms with van der Waals surface area (Å²) in [6.07, 6.45) is 6.35. The molecule has 0 spiro atoms. The molecule has 0 bridgehead atoms. The minimum atomic E-state index is -0.367. The van der Waals surface area contributed by atoms with Gasteiger partial charge in [-0.05, 0) is 24.5 Å². The average Bonchev–Trinajstić information content (AvgIpc) is 2.15. The maximum Gasteiger partial charge on any atom is 0.249 e. The van der Waals surface area contributed by atoms with Crippen molar-refractivity contribution in [1.82, 2.24) is 4.98 Å². The smallest absolute Gasteiger partial charge is 0.249 e. The van der Waals surface area contributed by atoms with Crippen LogP contribution in [-0.2, 0) is 6.42 Å². The van der Waals surface area contributed by atoms with E-state index in [1.807, 2.05) is 0 Å². The Hall–Kier alpha value is -1.38. The molecule has 1 heterocycles. The molecule has 0 fully saturated rings. The number of unbranched alkanes of at least 4 members (excludes halogenated alkanes) is 1. The zero-order valence-electron chi connectivity index (χ0n) is 7.79. The van der Waals surface area contributed by atoms with Gasteiger partial charge in [-0.25, -0.2) is 0 Å². The molecule has 0 aromatic carbocycles. The molecule has 3 nitrogen and oxygen atoms in total. The molecule has 0 atom stereocenters. The normalized spacial score (nSPS) is 9.92. The van der Waals surface area contributed by atoms with Crippen LogP contribution in [0, 0.1) is 0 Å². The van der Waals surface area contributed by atoms with E-state index >= 15 is 0 Å². The molecule has 0 saturated carbocycles. The number of carbonyl (C=O) groups excluding carboxylic acids is 1. The highest BCUT2D eigenvalue weighted by molar-refractivity contribution is 5.94. The standard InChI is InChI=1S/C10H14N2O/c1-2-3-4-8-7-12-6-5-9(8)10(11)13/h5-7H,2-4H2,1H3,(H2,11,13). The number of aromatic nitrogens is 1. The van der Waals surface area contributed by atoms with E-state index in [4.69, 9.17) is 5.73 Å².